The normalized spacial score (nSPS) is 12.6. The number of rotatable bonds is 12. The Hall–Kier alpha value is -4.33. The van der Waals surface area contributed by atoms with Crippen molar-refractivity contribution < 1.29 is 23.9 Å². The molecule has 3 amide bonds. The second-order valence-electron chi connectivity index (χ2n) is 11.8. The first kappa shape index (κ1) is 32.2. The summed E-state index contributed by atoms with van der Waals surface area (Å²) in [5.41, 5.74) is 2.70. The minimum Gasteiger partial charge on any atom is -0.489 e. The maximum atomic E-state index is 13.5. The van der Waals surface area contributed by atoms with Crippen molar-refractivity contribution in [3.63, 3.8) is 0 Å². The number of esters is 1. The summed E-state index contributed by atoms with van der Waals surface area (Å²) >= 11 is 0. The second kappa shape index (κ2) is 15.1. The fourth-order valence-corrected chi connectivity index (χ4v) is 4.27. The third-order valence-electron chi connectivity index (χ3n) is 6.34. The van der Waals surface area contributed by atoms with E-state index in [1.807, 2.05) is 93.6 Å². The van der Waals surface area contributed by atoms with E-state index in [4.69, 9.17) is 9.47 Å². The molecular weight excluding hydrogens is 530 g/mol. The number of aryl methyl sites for hydroxylation is 1. The van der Waals surface area contributed by atoms with E-state index in [9.17, 15) is 14.4 Å². The molecule has 3 N–H and O–H groups in total. The SMILES string of the molecule is Cc1ccccc1NC(=O)N[C@@H](CC(C)C)C(=O)N[C@@H](Cc1ccc(OCc2ccccc2)cc1)C(=O)OC(C)(C)C. The van der Waals surface area contributed by atoms with Crippen molar-refractivity contribution in [1.82, 2.24) is 10.6 Å². The third kappa shape index (κ3) is 10.9. The molecule has 0 bridgehead atoms. The number of urea groups is 1. The van der Waals surface area contributed by atoms with Gasteiger partial charge in [-0.25, -0.2) is 9.59 Å². The van der Waals surface area contributed by atoms with E-state index in [1.165, 1.54) is 0 Å². The Bertz CT molecular complexity index is 1320. The van der Waals surface area contributed by atoms with Gasteiger partial charge < -0.3 is 25.4 Å². The lowest BCUT2D eigenvalue weighted by atomic mass is 10.0. The zero-order valence-corrected chi connectivity index (χ0v) is 25.4. The maximum absolute atomic E-state index is 13.5. The Labute approximate surface area is 249 Å². The van der Waals surface area contributed by atoms with Gasteiger partial charge in [-0.05, 0) is 74.9 Å². The van der Waals surface area contributed by atoms with Crippen LogP contribution in [-0.4, -0.2) is 35.6 Å². The number of ether oxygens (including phenoxy) is 2. The molecule has 0 aliphatic heterocycles. The standard InChI is InChI=1S/C34H43N3O5/c1-23(2)20-29(37-33(40)36-28-15-11-10-12-24(28)3)31(38)35-30(32(39)42-34(4,5)6)21-25-16-18-27(19-17-25)41-22-26-13-8-7-9-14-26/h7-19,23,29-30H,20-22H2,1-6H3,(H,35,38)(H2,36,37,40)/t29-,30-/m0/s1. The number of benzene rings is 3. The van der Waals surface area contributed by atoms with Crippen LogP contribution in [0.4, 0.5) is 10.5 Å². The van der Waals surface area contributed by atoms with E-state index in [0.29, 0.717) is 24.5 Å². The van der Waals surface area contributed by atoms with Crippen molar-refractivity contribution in [2.24, 2.45) is 5.92 Å². The number of carbonyl (C=O) groups is 3. The maximum Gasteiger partial charge on any atom is 0.329 e. The van der Waals surface area contributed by atoms with Gasteiger partial charge in [-0.3, -0.25) is 4.79 Å². The predicted octanol–water partition coefficient (Wildman–Crippen LogP) is 6.18. The highest BCUT2D eigenvalue weighted by atomic mass is 16.6. The first-order chi connectivity index (χ1) is 19.9. The van der Waals surface area contributed by atoms with Gasteiger partial charge in [0.05, 0.1) is 0 Å². The van der Waals surface area contributed by atoms with Gasteiger partial charge in [0, 0.05) is 12.1 Å². The van der Waals surface area contributed by atoms with Gasteiger partial charge in [-0.15, -0.1) is 0 Å². The van der Waals surface area contributed by atoms with E-state index >= 15 is 0 Å². The van der Waals surface area contributed by atoms with Crippen LogP contribution in [-0.2, 0) is 27.4 Å². The average molecular weight is 574 g/mol. The molecule has 0 saturated carbocycles. The van der Waals surface area contributed by atoms with Crippen LogP contribution < -0.4 is 20.7 Å². The van der Waals surface area contributed by atoms with Gasteiger partial charge >= 0.3 is 12.0 Å². The second-order valence-corrected chi connectivity index (χ2v) is 11.8. The Morgan fingerprint density at radius 3 is 2.05 bits per heavy atom. The van der Waals surface area contributed by atoms with Gasteiger partial charge in [-0.2, -0.15) is 0 Å². The molecule has 0 aliphatic rings. The zero-order chi connectivity index (χ0) is 30.7. The number of anilines is 1. The van der Waals surface area contributed by atoms with Crippen LogP contribution in [0.15, 0.2) is 78.9 Å². The largest absolute Gasteiger partial charge is 0.489 e. The molecule has 0 unspecified atom stereocenters. The lowest BCUT2D eigenvalue weighted by Crippen LogP contribution is -2.54. The number of hydrogen-bond donors (Lipinski definition) is 3. The van der Waals surface area contributed by atoms with E-state index in [2.05, 4.69) is 16.0 Å². The molecule has 0 fully saturated rings. The van der Waals surface area contributed by atoms with Crippen molar-refractivity contribution in [3.8, 4) is 5.75 Å². The molecule has 3 rings (SSSR count). The van der Waals surface area contributed by atoms with Crippen molar-refractivity contribution in [2.45, 2.75) is 78.7 Å². The minimum atomic E-state index is -0.955. The predicted molar refractivity (Wildman–Crippen MR) is 165 cm³/mol. The van der Waals surface area contributed by atoms with Gasteiger partial charge in [0.15, 0.2) is 0 Å². The number of amides is 3. The van der Waals surface area contributed by atoms with Gasteiger partial charge in [0.1, 0.15) is 30.0 Å². The summed E-state index contributed by atoms with van der Waals surface area (Å²) in [7, 11) is 0. The first-order valence-electron chi connectivity index (χ1n) is 14.3. The molecule has 224 valence electrons. The smallest absolute Gasteiger partial charge is 0.329 e. The van der Waals surface area contributed by atoms with Crippen LogP contribution in [0.3, 0.4) is 0 Å². The fraction of sp³-hybridized carbons (Fsp3) is 0.382. The lowest BCUT2D eigenvalue weighted by Gasteiger charge is -2.27. The third-order valence-corrected chi connectivity index (χ3v) is 6.34. The number of nitrogens with one attached hydrogen (secondary N) is 3. The Balaban J connectivity index is 1.71. The first-order valence-corrected chi connectivity index (χ1v) is 14.3. The van der Waals surface area contributed by atoms with Gasteiger partial charge in [-0.1, -0.05) is 74.5 Å². The summed E-state index contributed by atoms with van der Waals surface area (Å²) in [6, 6.07) is 22.4. The van der Waals surface area contributed by atoms with E-state index in [-0.39, 0.29) is 12.3 Å². The Morgan fingerprint density at radius 2 is 1.43 bits per heavy atom. The van der Waals surface area contributed by atoms with Crippen molar-refractivity contribution in [2.75, 3.05) is 5.32 Å². The highest BCUT2D eigenvalue weighted by Crippen LogP contribution is 2.18. The minimum absolute atomic E-state index is 0.114. The Morgan fingerprint density at radius 1 is 0.786 bits per heavy atom. The monoisotopic (exact) mass is 573 g/mol. The quantitative estimate of drug-likeness (QED) is 0.225. The molecule has 2 atom stereocenters. The summed E-state index contributed by atoms with van der Waals surface area (Å²) < 4.78 is 11.5. The number of hydrogen-bond acceptors (Lipinski definition) is 5. The van der Waals surface area contributed by atoms with Gasteiger partial charge in [0.2, 0.25) is 5.91 Å². The fourth-order valence-electron chi connectivity index (χ4n) is 4.27. The topological polar surface area (TPSA) is 106 Å². The molecule has 8 heteroatoms. The highest BCUT2D eigenvalue weighted by Gasteiger charge is 2.30. The summed E-state index contributed by atoms with van der Waals surface area (Å²) in [6.45, 7) is 11.6. The van der Waals surface area contributed by atoms with Crippen LogP contribution in [0.1, 0.15) is 57.7 Å². The Kier molecular flexibility index (Phi) is 11.5. The molecule has 0 spiro atoms. The molecule has 0 saturated heterocycles. The molecule has 3 aromatic rings. The van der Waals surface area contributed by atoms with Crippen molar-refractivity contribution in [3.05, 3.63) is 95.6 Å². The van der Waals surface area contributed by atoms with E-state index in [1.54, 1.807) is 26.8 Å². The van der Waals surface area contributed by atoms with Crippen LogP contribution in [0.2, 0.25) is 0 Å². The summed E-state index contributed by atoms with van der Waals surface area (Å²) in [4.78, 5) is 39.5. The molecule has 0 aromatic heterocycles. The molecule has 0 radical (unpaired) electrons. The zero-order valence-electron chi connectivity index (χ0n) is 25.4. The number of para-hydroxylation sites is 1. The van der Waals surface area contributed by atoms with E-state index in [0.717, 1.165) is 16.7 Å². The average Bonchev–Trinajstić information content (AvgIpc) is 2.92. The van der Waals surface area contributed by atoms with Crippen LogP contribution in [0, 0.1) is 12.8 Å². The summed E-state index contributed by atoms with van der Waals surface area (Å²) in [5.74, 6) is -0.195. The molecule has 3 aromatic carbocycles. The molecule has 0 aliphatic carbocycles. The lowest BCUT2D eigenvalue weighted by molar-refractivity contribution is -0.158. The summed E-state index contributed by atoms with van der Waals surface area (Å²) in [5, 5.41) is 8.44. The molecule has 42 heavy (non-hydrogen) atoms. The molecular formula is C34H43N3O5. The molecule has 8 nitrogen and oxygen atoms in total. The van der Waals surface area contributed by atoms with Crippen LogP contribution in [0.5, 0.6) is 5.75 Å². The van der Waals surface area contributed by atoms with Crippen LogP contribution in [0.25, 0.3) is 0 Å². The molecule has 0 heterocycles. The highest BCUT2D eigenvalue weighted by molar-refractivity contribution is 5.95. The van der Waals surface area contributed by atoms with Crippen molar-refractivity contribution in [1.29, 1.82) is 0 Å². The number of carbonyl (C=O) groups excluding carboxylic acids is 3. The summed E-state index contributed by atoms with van der Waals surface area (Å²) in [6.07, 6.45) is 0.602. The van der Waals surface area contributed by atoms with E-state index < -0.39 is 35.6 Å². The van der Waals surface area contributed by atoms with Crippen LogP contribution >= 0.6 is 0 Å². The van der Waals surface area contributed by atoms with Gasteiger partial charge in [0.25, 0.3) is 0 Å². The van der Waals surface area contributed by atoms with Crippen molar-refractivity contribution >= 4 is 23.6 Å².